The first-order chi connectivity index (χ1) is 13.0. The van der Waals surface area contributed by atoms with Crippen molar-refractivity contribution >= 4 is 5.91 Å². The Morgan fingerprint density at radius 3 is 2.70 bits per heavy atom. The van der Waals surface area contributed by atoms with Gasteiger partial charge in [0.2, 0.25) is 5.91 Å². The fourth-order valence-corrected chi connectivity index (χ4v) is 3.47. The molecule has 1 N–H and O–H groups in total. The van der Waals surface area contributed by atoms with Gasteiger partial charge in [-0.05, 0) is 55.9 Å². The Balaban J connectivity index is 1.59. The number of methoxy groups -OCH3 is 1. The van der Waals surface area contributed by atoms with Crippen molar-refractivity contribution in [3.05, 3.63) is 57.5 Å². The summed E-state index contributed by atoms with van der Waals surface area (Å²) in [5.74, 6) is 0.691. The predicted octanol–water partition coefficient (Wildman–Crippen LogP) is 2.27. The number of carbonyl (C=O) groups excluding carboxylic acids is 1. The summed E-state index contributed by atoms with van der Waals surface area (Å²) in [6, 6.07) is 8.98. The van der Waals surface area contributed by atoms with Gasteiger partial charge in [-0.1, -0.05) is 18.6 Å². The second-order valence-electron chi connectivity index (χ2n) is 7.19. The van der Waals surface area contributed by atoms with E-state index < -0.39 is 0 Å². The van der Waals surface area contributed by atoms with Gasteiger partial charge in [0.05, 0.1) is 25.8 Å². The average Bonchev–Trinajstić information content (AvgIpc) is 2.87. The van der Waals surface area contributed by atoms with Crippen LogP contribution < -0.4 is 15.6 Å². The van der Waals surface area contributed by atoms with Gasteiger partial charge >= 0.3 is 0 Å². The lowest BCUT2D eigenvalue weighted by atomic mass is 10.1. The zero-order chi connectivity index (χ0) is 19.2. The van der Waals surface area contributed by atoms with E-state index >= 15 is 0 Å². The molecule has 0 saturated carbocycles. The van der Waals surface area contributed by atoms with E-state index in [1.165, 1.54) is 11.1 Å². The smallest absolute Gasteiger partial charge is 0.267 e. The summed E-state index contributed by atoms with van der Waals surface area (Å²) in [6.07, 6.45) is 5.58. The van der Waals surface area contributed by atoms with Crippen molar-refractivity contribution in [2.24, 2.45) is 0 Å². The van der Waals surface area contributed by atoms with Gasteiger partial charge in [0.1, 0.15) is 5.75 Å². The number of aryl methyl sites for hydroxylation is 2. The molecule has 6 heteroatoms. The number of aromatic nitrogens is 2. The molecule has 1 amide bonds. The molecular formula is C21H27N3O3. The highest BCUT2D eigenvalue weighted by molar-refractivity contribution is 5.78. The van der Waals surface area contributed by atoms with Gasteiger partial charge in [0.15, 0.2) is 0 Å². The summed E-state index contributed by atoms with van der Waals surface area (Å²) in [4.78, 5) is 24.6. The molecule has 0 aliphatic heterocycles. The molecule has 2 aromatic rings. The van der Waals surface area contributed by atoms with E-state index in [0.717, 1.165) is 48.3 Å². The number of fused-ring (bicyclic) bond motifs is 1. The van der Waals surface area contributed by atoms with Gasteiger partial charge in [-0.25, -0.2) is 4.68 Å². The molecule has 1 heterocycles. The highest BCUT2D eigenvalue weighted by atomic mass is 16.5. The summed E-state index contributed by atoms with van der Waals surface area (Å²) < 4.78 is 6.61. The lowest BCUT2D eigenvalue weighted by Crippen LogP contribution is -2.40. The molecule has 0 unspecified atom stereocenters. The number of nitrogens with one attached hydrogen (secondary N) is 1. The maximum Gasteiger partial charge on any atom is 0.267 e. The summed E-state index contributed by atoms with van der Waals surface area (Å²) in [7, 11) is 1.61. The van der Waals surface area contributed by atoms with E-state index in [-0.39, 0.29) is 17.5 Å². The van der Waals surface area contributed by atoms with Crippen molar-refractivity contribution in [3.8, 4) is 5.75 Å². The summed E-state index contributed by atoms with van der Waals surface area (Å²) >= 11 is 0. The van der Waals surface area contributed by atoms with Crippen LogP contribution in [0.3, 0.4) is 0 Å². The zero-order valence-corrected chi connectivity index (χ0v) is 16.0. The lowest BCUT2D eigenvalue weighted by Gasteiger charge is -2.16. The zero-order valence-electron chi connectivity index (χ0n) is 16.0. The number of amides is 1. The molecule has 0 bridgehead atoms. The molecule has 1 aliphatic carbocycles. The minimum absolute atomic E-state index is 0.0736. The van der Waals surface area contributed by atoms with Crippen LogP contribution in [0.1, 0.15) is 43.0 Å². The maximum atomic E-state index is 12.4. The topological polar surface area (TPSA) is 73.2 Å². The van der Waals surface area contributed by atoms with E-state index in [9.17, 15) is 9.59 Å². The van der Waals surface area contributed by atoms with Gasteiger partial charge in [-0.15, -0.1) is 0 Å². The van der Waals surface area contributed by atoms with Crippen LogP contribution in [0, 0.1) is 0 Å². The fourth-order valence-electron chi connectivity index (χ4n) is 3.47. The Morgan fingerprint density at radius 2 is 1.96 bits per heavy atom. The van der Waals surface area contributed by atoms with Crippen LogP contribution in [0.25, 0.3) is 0 Å². The first-order valence-corrected chi connectivity index (χ1v) is 9.57. The molecule has 1 aromatic carbocycles. The Kier molecular flexibility index (Phi) is 6.27. The third-order valence-corrected chi connectivity index (χ3v) is 4.90. The first-order valence-electron chi connectivity index (χ1n) is 9.57. The molecule has 0 fully saturated rings. The average molecular weight is 369 g/mol. The predicted molar refractivity (Wildman–Crippen MR) is 104 cm³/mol. The van der Waals surface area contributed by atoms with E-state index in [4.69, 9.17) is 4.74 Å². The van der Waals surface area contributed by atoms with Crippen LogP contribution in [-0.4, -0.2) is 28.8 Å². The van der Waals surface area contributed by atoms with Gasteiger partial charge < -0.3 is 10.1 Å². The first kappa shape index (κ1) is 19.1. The van der Waals surface area contributed by atoms with Crippen LogP contribution in [0.2, 0.25) is 0 Å². The van der Waals surface area contributed by atoms with Gasteiger partial charge in [-0.3, -0.25) is 9.59 Å². The van der Waals surface area contributed by atoms with Crippen molar-refractivity contribution in [3.63, 3.8) is 0 Å². The van der Waals surface area contributed by atoms with Crippen LogP contribution in [0.4, 0.5) is 0 Å². The minimum Gasteiger partial charge on any atom is -0.497 e. The van der Waals surface area contributed by atoms with E-state index in [1.807, 2.05) is 31.2 Å². The lowest BCUT2D eigenvalue weighted by molar-refractivity contribution is -0.121. The van der Waals surface area contributed by atoms with Crippen LogP contribution in [-0.2, 0) is 30.6 Å². The molecule has 0 saturated heterocycles. The fraction of sp³-hybridized carbons (Fsp3) is 0.476. The van der Waals surface area contributed by atoms with Gasteiger partial charge in [-0.2, -0.15) is 5.10 Å². The monoisotopic (exact) mass is 369 g/mol. The third-order valence-electron chi connectivity index (χ3n) is 4.90. The Bertz CT molecular complexity index is 843. The van der Waals surface area contributed by atoms with Crippen molar-refractivity contribution < 1.29 is 9.53 Å². The van der Waals surface area contributed by atoms with E-state index in [1.54, 1.807) is 13.2 Å². The van der Waals surface area contributed by atoms with Crippen molar-refractivity contribution in [2.45, 2.75) is 58.0 Å². The molecule has 27 heavy (non-hydrogen) atoms. The number of benzene rings is 1. The second kappa shape index (κ2) is 8.84. The molecule has 0 spiro atoms. The standard InChI is InChI=1S/C21H27N3O3/c1-15(22-20(25)12-16-8-10-18(27-2)11-9-16)14-24-21(26)13-17-6-4-3-5-7-19(17)23-24/h8-11,13,15H,3-7,12,14H2,1-2H3,(H,22,25)/t15-/m0/s1. The maximum absolute atomic E-state index is 12.4. The number of rotatable bonds is 6. The van der Waals surface area contributed by atoms with Crippen LogP contribution in [0.5, 0.6) is 5.75 Å². The summed E-state index contributed by atoms with van der Waals surface area (Å²) in [6.45, 7) is 2.27. The number of ether oxygens (including phenoxy) is 1. The minimum atomic E-state index is -0.176. The molecule has 1 atom stereocenters. The molecular weight excluding hydrogens is 342 g/mol. The second-order valence-corrected chi connectivity index (χ2v) is 7.19. The van der Waals surface area contributed by atoms with Crippen molar-refractivity contribution in [2.75, 3.05) is 7.11 Å². The Labute approximate surface area is 159 Å². The van der Waals surface area contributed by atoms with Gasteiger partial charge in [0, 0.05) is 12.1 Å². The molecule has 144 valence electrons. The highest BCUT2D eigenvalue weighted by Crippen LogP contribution is 2.17. The molecule has 3 rings (SSSR count). The van der Waals surface area contributed by atoms with Crippen LogP contribution in [0.15, 0.2) is 35.1 Å². The number of hydrogen-bond acceptors (Lipinski definition) is 4. The normalized spacial score (nSPS) is 14.7. The van der Waals surface area contributed by atoms with Crippen LogP contribution >= 0.6 is 0 Å². The Morgan fingerprint density at radius 1 is 1.22 bits per heavy atom. The number of hydrogen-bond donors (Lipinski definition) is 1. The summed E-state index contributed by atoms with van der Waals surface area (Å²) in [5.41, 5.74) is 2.95. The van der Waals surface area contributed by atoms with E-state index in [0.29, 0.717) is 13.0 Å². The molecule has 0 radical (unpaired) electrons. The molecule has 1 aliphatic rings. The summed E-state index contributed by atoms with van der Waals surface area (Å²) in [5, 5.41) is 7.52. The Hall–Kier alpha value is -2.63. The largest absolute Gasteiger partial charge is 0.497 e. The third kappa shape index (κ3) is 5.18. The number of nitrogens with zero attached hydrogens (tertiary/aromatic N) is 2. The van der Waals surface area contributed by atoms with Gasteiger partial charge in [0.25, 0.3) is 5.56 Å². The van der Waals surface area contributed by atoms with Crippen molar-refractivity contribution in [1.82, 2.24) is 15.1 Å². The van der Waals surface area contributed by atoms with E-state index in [2.05, 4.69) is 10.4 Å². The SMILES string of the molecule is COc1ccc(CC(=O)N[C@@H](C)Cn2nc3c(cc2=O)CCCCC3)cc1. The quantitative estimate of drug-likeness (QED) is 0.793. The molecule has 6 nitrogen and oxygen atoms in total. The highest BCUT2D eigenvalue weighted by Gasteiger charge is 2.15. The number of carbonyl (C=O) groups is 1. The van der Waals surface area contributed by atoms with Crippen molar-refractivity contribution in [1.29, 1.82) is 0 Å². The molecule has 1 aromatic heterocycles.